The second-order valence-electron chi connectivity index (χ2n) is 5.06. The van der Waals surface area contributed by atoms with Crippen LogP contribution < -0.4 is 9.47 Å². The molecule has 0 aliphatic carbocycles. The summed E-state index contributed by atoms with van der Waals surface area (Å²) in [6.07, 6.45) is 0. The highest BCUT2D eigenvalue weighted by atomic mass is 35.5. The first-order valence-electron chi connectivity index (χ1n) is 6.83. The standard InChI is InChI=1S/C15H22ClNO2S/c1-10-11(2)20-8-7-17(10)9-12-5-6-13(18-3)15(19-4)14(12)16/h5-6,10-11H,7-9H2,1-4H3/t10-,11-/m0/s1. The van der Waals surface area contributed by atoms with Crippen LogP contribution in [0.5, 0.6) is 11.5 Å². The third-order valence-corrected chi connectivity index (χ3v) is 5.71. The molecule has 1 aliphatic heterocycles. The summed E-state index contributed by atoms with van der Waals surface area (Å²) in [7, 11) is 3.25. The fourth-order valence-electron chi connectivity index (χ4n) is 2.49. The highest BCUT2D eigenvalue weighted by Crippen LogP contribution is 2.38. The summed E-state index contributed by atoms with van der Waals surface area (Å²) >= 11 is 8.50. The Morgan fingerprint density at radius 1 is 1.30 bits per heavy atom. The first-order valence-corrected chi connectivity index (χ1v) is 8.26. The summed E-state index contributed by atoms with van der Waals surface area (Å²) in [6, 6.07) is 4.51. The van der Waals surface area contributed by atoms with Gasteiger partial charge in [0.15, 0.2) is 11.5 Å². The first kappa shape index (κ1) is 15.8. The molecule has 1 aromatic rings. The lowest BCUT2D eigenvalue weighted by Gasteiger charge is -2.37. The molecule has 2 atom stereocenters. The van der Waals surface area contributed by atoms with Gasteiger partial charge in [-0.15, -0.1) is 0 Å². The number of nitrogens with zero attached hydrogens (tertiary/aromatic N) is 1. The maximum atomic E-state index is 6.46. The van der Waals surface area contributed by atoms with Crippen LogP contribution in [0.25, 0.3) is 0 Å². The number of ether oxygens (including phenoxy) is 2. The summed E-state index contributed by atoms with van der Waals surface area (Å²) < 4.78 is 10.6. The van der Waals surface area contributed by atoms with Gasteiger partial charge in [0, 0.05) is 30.1 Å². The average molecular weight is 316 g/mol. The molecule has 1 saturated heterocycles. The van der Waals surface area contributed by atoms with Crippen LogP contribution in [0.2, 0.25) is 5.02 Å². The highest BCUT2D eigenvalue weighted by molar-refractivity contribution is 8.00. The van der Waals surface area contributed by atoms with Crippen molar-refractivity contribution in [1.82, 2.24) is 4.90 Å². The number of methoxy groups -OCH3 is 2. The predicted octanol–water partition coefficient (Wildman–Crippen LogP) is 3.68. The molecule has 1 fully saturated rings. The maximum Gasteiger partial charge on any atom is 0.179 e. The van der Waals surface area contributed by atoms with E-state index in [-0.39, 0.29) is 0 Å². The maximum absolute atomic E-state index is 6.46. The number of hydrogen-bond donors (Lipinski definition) is 0. The summed E-state index contributed by atoms with van der Waals surface area (Å²) in [5.74, 6) is 2.48. The van der Waals surface area contributed by atoms with Crippen molar-refractivity contribution in [2.75, 3.05) is 26.5 Å². The fraction of sp³-hybridized carbons (Fsp3) is 0.600. The van der Waals surface area contributed by atoms with E-state index < -0.39 is 0 Å². The zero-order valence-electron chi connectivity index (χ0n) is 12.5. The molecule has 0 amide bonds. The van der Waals surface area contributed by atoms with Crippen molar-refractivity contribution in [3.05, 3.63) is 22.7 Å². The SMILES string of the molecule is COc1ccc(CN2CCS[C@@H](C)[C@@H]2C)c(Cl)c1OC. The predicted molar refractivity (Wildman–Crippen MR) is 86.3 cm³/mol. The van der Waals surface area contributed by atoms with Gasteiger partial charge in [-0.05, 0) is 18.6 Å². The molecule has 0 N–H and O–H groups in total. The summed E-state index contributed by atoms with van der Waals surface area (Å²) in [6.45, 7) is 6.52. The zero-order chi connectivity index (χ0) is 14.7. The van der Waals surface area contributed by atoms with E-state index in [2.05, 4.69) is 18.7 Å². The molecule has 0 aromatic heterocycles. The van der Waals surface area contributed by atoms with Crippen molar-refractivity contribution in [3.8, 4) is 11.5 Å². The van der Waals surface area contributed by atoms with E-state index >= 15 is 0 Å². The molecule has 3 nitrogen and oxygen atoms in total. The molecular formula is C15H22ClNO2S. The van der Waals surface area contributed by atoms with Gasteiger partial charge in [0.05, 0.1) is 19.2 Å². The lowest BCUT2D eigenvalue weighted by molar-refractivity contribution is 0.204. The van der Waals surface area contributed by atoms with Crippen molar-refractivity contribution in [2.24, 2.45) is 0 Å². The normalized spacial score (nSPS) is 23.6. The average Bonchev–Trinajstić information content (AvgIpc) is 2.45. The van der Waals surface area contributed by atoms with Gasteiger partial charge < -0.3 is 9.47 Å². The molecular weight excluding hydrogens is 294 g/mol. The molecule has 2 rings (SSSR count). The van der Waals surface area contributed by atoms with E-state index in [0.29, 0.717) is 27.8 Å². The van der Waals surface area contributed by atoms with Gasteiger partial charge in [0.25, 0.3) is 0 Å². The number of halogens is 1. The van der Waals surface area contributed by atoms with Crippen molar-refractivity contribution in [3.63, 3.8) is 0 Å². The van der Waals surface area contributed by atoms with Gasteiger partial charge in [-0.3, -0.25) is 4.90 Å². The van der Waals surface area contributed by atoms with Gasteiger partial charge in [-0.1, -0.05) is 24.6 Å². The van der Waals surface area contributed by atoms with Crippen LogP contribution in [0.15, 0.2) is 12.1 Å². The Kier molecular flexibility index (Phi) is 5.47. The fourth-order valence-corrected chi connectivity index (χ4v) is 3.95. The Hall–Kier alpha value is -0.580. The molecule has 5 heteroatoms. The van der Waals surface area contributed by atoms with E-state index in [1.54, 1.807) is 14.2 Å². The topological polar surface area (TPSA) is 21.7 Å². The van der Waals surface area contributed by atoms with Crippen LogP contribution in [0.4, 0.5) is 0 Å². The molecule has 112 valence electrons. The Morgan fingerprint density at radius 3 is 2.70 bits per heavy atom. The monoisotopic (exact) mass is 315 g/mol. The first-order chi connectivity index (χ1) is 9.58. The molecule has 0 spiro atoms. The molecule has 0 unspecified atom stereocenters. The van der Waals surface area contributed by atoms with Crippen LogP contribution in [0.1, 0.15) is 19.4 Å². The molecule has 0 bridgehead atoms. The molecule has 20 heavy (non-hydrogen) atoms. The lowest BCUT2D eigenvalue weighted by Crippen LogP contribution is -2.43. The number of benzene rings is 1. The molecule has 0 saturated carbocycles. The quantitative estimate of drug-likeness (QED) is 0.845. The summed E-state index contributed by atoms with van der Waals surface area (Å²) in [4.78, 5) is 2.48. The van der Waals surface area contributed by atoms with Crippen LogP contribution >= 0.6 is 23.4 Å². The minimum Gasteiger partial charge on any atom is -0.493 e. The molecule has 0 radical (unpaired) electrons. The number of thioether (sulfide) groups is 1. The third kappa shape index (κ3) is 3.18. The van der Waals surface area contributed by atoms with Crippen LogP contribution in [0.3, 0.4) is 0 Å². The zero-order valence-corrected chi connectivity index (χ0v) is 14.1. The molecule has 1 heterocycles. The number of rotatable bonds is 4. The summed E-state index contributed by atoms with van der Waals surface area (Å²) in [5.41, 5.74) is 1.09. The second-order valence-corrected chi connectivity index (χ2v) is 6.92. The van der Waals surface area contributed by atoms with Crippen molar-refractivity contribution >= 4 is 23.4 Å². The minimum atomic E-state index is 0.554. The highest BCUT2D eigenvalue weighted by Gasteiger charge is 2.26. The van der Waals surface area contributed by atoms with Crippen LogP contribution in [-0.2, 0) is 6.54 Å². The largest absolute Gasteiger partial charge is 0.493 e. The number of hydrogen-bond acceptors (Lipinski definition) is 4. The van der Waals surface area contributed by atoms with Gasteiger partial charge in [0.2, 0.25) is 0 Å². The van der Waals surface area contributed by atoms with Crippen LogP contribution in [0, 0.1) is 0 Å². The van der Waals surface area contributed by atoms with Gasteiger partial charge in [0.1, 0.15) is 0 Å². The van der Waals surface area contributed by atoms with E-state index in [4.69, 9.17) is 21.1 Å². The Bertz CT molecular complexity index is 469. The van der Waals surface area contributed by atoms with Crippen LogP contribution in [-0.4, -0.2) is 42.7 Å². The van der Waals surface area contributed by atoms with E-state index in [1.807, 2.05) is 23.9 Å². The minimum absolute atomic E-state index is 0.554. The van der Waals surface area contributed by atoms with E-state index in [9.17, 15) is 0 Å². The molecule has 1 aliphatic rings. The van der Waals surface area contributed by atoms with Crippen molar-refractivity contribution < 1.29 is 9.47 Å². The third-order valence-electron chi connectivity index (χ3n) is 3.95. The Morgan fingerprint density at radius 2 is 2.05 bits per heavy atom. The Labute approximate surface area is 130 Å². The lowest BCUT2D eigenvalue weighted by atomic mass is 10.1. The molecule has 1 aromatic carbocycles. The van der Waals surface area contributed by atoms with Gasteiger partial charge >= 0.3 is 0 Å². The Balaban J connectivity index is 2.21. The van der Waals surface area contributed by atoms with E-state index in [1.165, 1.54) is 5.75 Å². The van der Waals surface area contributed by atoms with Crippen molar-refractivity contribution in [2.45, 2.75) is 31.7 Å². The second kappa shape index (κ2) is 6.92. The smallest absolute Gasteiger partial charge is 0.179 e. The van der Waals surface area contributed by atoms with E-state index in [0.717, 1.165) is 18.7 Å². The van der Waals surface area contributed by atoms with Gasteiger partial charge in [-0.25, -0.2) is 0 Å². The van der Waals surface area contributed by atoms with Crippen molar-refractivity contribution in [1.29, 1.82) is 0 Å². The van der Waals surface area contributed by atoms with Gasteiger partial charge in [-0.2, -0.15) is 11.8 Å². The summed E-state index contributed by atoms with van der Waals surface area (Å²) in [5, 5.41) is 1.31.